The summed E-state index contributed by atoms with van der Waals surface area (Å²) in [6.07, 6.45) is 8.45. The van der Waals surface area contributed by atoms with E-state index in [4.69, 9.17) is 0 Å². The van der Waals surface area contributed by atoms with Gasteiger partial charge in [-0.15, -0.1) is 0 Å². The van der Waals surface area contributed by atoms with E-state index in [0.717, 1.165) is 19.3 Å². The number of Topliss-reactive ketones (excluding diaryl/α,β-unsaturated/α-hetero) is 1. The van der Waals surface area contributed by atoms with Gasteiger partial charge in [0, 0.05) is 17.3 Å². The van der Waals surface area contributed by atoms with Gasteiger partial charge in [0.2, 0.25) is 0 Å². The largest absolute Gasteiger partial charge is 0.393 e. The van der Waals surface area contributed by atoms with Crippen molar-refractivity contribution in [1.29, 1.82) is 0 Å². The van der Waals surface area contributed by atoms with Crippen molar-refractivity contribution in [3.05, 3.63) is 23.8 Å². The van der Waals surface area contributed by atoms with Gasteiger partial charge < -0.3 is 5.11 Å². The molecule has 0 amide bonds. The van der Waals surface area contributed by atoms with Gasteiger partial charge in [-0.25, -0.2) is 0 Å². The first-order chi connectivity index (χ1) is 12.6. The van der Waals surface area contributed by atoms with Crippen molar-refractivity contribution in [3.8, 4) is 0 Å². The van der Waals surface area contributed by atoms with Crippen LogP contribution in [0.15, 0.2) is 23.8 Å². The maximum atomic E-state index is 12.3. The molecule has 0 aromatic heterocycles. The number of carbonyl (C=O) groups is 2. The molecule has 0 aromatic rings. The zero-order valence-electron chi connectivity index (χ0n) is 18.2. The number of ketones is 2. The number of aliphatic hydroxyl groups excluding tert-OH is 1. The van der Waals surface area contributed by atoms with Crippen LogP contribution >= 0.6 is 0 Å². The molecule has 0 heterocycles. The summed E-state index contributed by atoms with van der Waals surface area (Å²) in [5, 5.41) is 11.2. The Labute approximate surface area is 165 Å². The molecule has 2 saturated carbocycles. The Hall–Kier alpha value is -1.22. The minimum Gasteiger partial charge on any atom is -0.393 e. The van der Waals surface area contributed by atoms with Crippen LogP contribution in [-0.2, 0) is 9.59 Å². The standard InChI is InChI=1S/C22H32O3.C2H6/c1-6-18(14(3)23)22(5)12-19(25)20-17(13(22)2)8-7-15-11-16(24)9-10-21(15,20)4;1-2/h9-11,13,17-20,25H,6-8,12H2,1-5H3;1-2H3. The lowest BCUT2D eigenvalue weighted by molar-refractivity contribution is -0.147. The Balaban J connectivity index is 0.00000126. The molecular weight excluding hydrogens is 336 g/mol. The number of hydrogen-bond donors (Lipinski definition) is 1. The van der Waals surface area contributed by atoms with Crippen LogP contribution in [0.3, 0.4) is 0 Å². The molecule has 0 aliphatic heterocycles. The lowest BCUT2D eigenvalue weighted by Gasteiger charge is -2.60. The fourth-order valence-corrected chi connectivity index (χ4v) is 6.53. The second-order valence-electron chi connectivity index (χ2n) is 9.05. The third-order valence-electron chi connectivity index (χ3n) is 7.94. The molecule has 3 aliphatic rings. The second-order valence-corrected chi connectivity index (χ2v) is 9.05. The van der Waals surface area contributed by atoms with Crippen LogP contribution in [0.2, 0.25) is 0 Å². The maximum Gasteiger partial charge on any atom is 0.178 e. The van der Waals surface area contributed by atoms with Crippen molar-refractivity contribution in [3.63, 3.8) is 0 Å². The minimum absolute atomic E-state index is 0.00585. The third-order valence-corrected chi connectivity index (χ3v) is 7.94. The molecule has 0 spiro atoms. The van der Waals surface area contributed by atoms with Crippen LogP contribution in [0, 0.1) is 34.5 Å². The molecule has 27 heavy (non-hydrogen) atoms. The van der Waals surface area contributed by atoms with Gasteiger partial charge in [0.05, 0.1) is 6.10 Å². The molecule has 0 bridgehead atoms. The van der Waals surface area contributed by atoms with Crippen molar-refractivity contribution in [2.45, 2.75) is 80.3 Å². The Bertz CT molecular complexity index is 646. The quantitative estimate of drug-likeness (QED) is 0.745. The summed E-state index contributed by atoms with van der Waals surface area (Å²) in [4.78, 5) is 24.1. The van der Waals surface area contributed by atoms with Crippen LogP contribution < -0.4 is 0 Å². The highest BCUT2D eigenvalue weighted by Gasteiger charge is 2.58. The van der Waals surface area contributed by atoms with E-state index in [1.54, 1.807) is 19.1 Å². The highest BCUT2D eigenvalue weighted by atomic mass is 16.3. The average Bonchev–Trinajstić information content (AvgIpc) is 2.61. The zero-order valence-corrected chi connectivity index (χ0v) is 18.2. The molecule has 0 saturated heterocycles. The molecule has 2 fully saturated rings. The molecular formula is C24H38O3. The van der Waals surface area contributed by atoms with Gasteiger partial charge in [-0.1, -0.05) is 53.2 Å². The van der Waals surface area contributed by atoms with E-state index in [-0.39, 0.29) is 34.2 Å². The molecule has 3 nitrogen and oxygen atoms in total. The molecule has 3 aliphatic carbocycles. The van der Waals surface area contributed by atoms with Crippen LogP contribution in [0.5, 0.6) is 0 Å². The van der Waals surface area contributed by atoms with E-state index in [0.29, 0.717) is 18.3 Å². The SMILES string of the molecule is CC.CCC(C(C)=O)C1(C)CC(O)C2C(CCC3=CC(=O)C=CC32C)C1C. The first-order valence-electron chi connectivity index (χ1n) is 10.8. The number of rotatable bonds is 3. The Morgan fingerprint density at radius 2 is 1.96 bits per heavy atom. The van der Waals surface area contributed by atoms with E-state index >= 15 is 0 Å². The third kappa shape index (κ3) is 3.48. The Morgan fingerprint density at radius 3 is 2.52 bits per heavy atom. The molecule has 7 atom stereocenters. The van der Waals surface area contributed by atoms with E-state index in [2.05, 4.69) is 27.7 Å². The van der Waals surface area contributed by atoms with Gasteiger partial charge in [0.15, 0.2) is 5.78 Å². The lowest BCUT2D eigenvalue weighted by atomic mass is 9.45. The predicted octanol–water partition coefficient (Wildman–Crippen LogP) is 5.13. The van der Waals surface area contributed by atoms with Crippen LogP contribution in [0.25, 0.3) is 0 Å². The fraction of sp³-hybridized carbons (Fsp3) is 0.750. The summed E-state index contributed by atoms with van der Waals surface area (Å²) in [6, 6.07) is 0. The number of allylic oxidation sites excluding steroid dienone is 4. The number of carbonyl (C=O) groups excluding carboxylic acids is 2. The van der Waals surface area contributed by atoms with Crippen molar-refractivity contribution in [1.82, 2.24) is 0 Å². The van der Waals surface area contributed by atoms with Crippen molar-refractivity contribution < 1.29 is 14.7 Å². The molecule has 3 rings (SSSR count). The normalized spacial score (nSPS) is 41.5. The maximum absolute atomic E-state index is 12.3. The number of hydrogen-bond acceptors (Lipinski definition) is 3. The van der Waals surface area contributed by atoms with Crippen molar-refractivity contribution in [2.24, 2.45) is 34.5 Å². The Kier molecular flexibility index (Phi) is 6.56. The topological polar surface area (TPSA) is 54.4 Å². The molecule has 3 heteroatoms. The zero-order chi connectivity index (χ0) is 20.6. The minimum atomic E-state index is -0.439. The Morgan fingerprint density at radius 1 is 1.33 bits per heavy atom. The fourth-order valence-electron chi connectivity index (χ4n) is 6.53. The highest BCUT2D eigenvalue weighted by molar-refractivity contribution is 6.01. The number of fused-ring (bicyclic) bond motifs is 3. The van der Waals surface area contributed by atoms with Crippen LogP contribution in [0.4, 0.5) is 0 Å². The molecule has 0 aromatic carbocycles. The number of aliphatic hydroxyl groups is 1. The van der Waals surface area contributed by atoms with Crippen LogP contribution in [0.1, 0.15) is 74.1 Å². The first kappa shape index (κ1) is 22.1. The van der Waals surface area contributed by atoms with Crippen molar-refractivity contribution in [2.75, 3.05) is 0 Å². The summed E-state index contributed by atoms with van der Waals surface area (Å²) in [5.41, 5.74) is 0.784. The van der Waals surface area contributed by atoms with E-state index in [1.807, 2.05) is 19.9 Å². The van der Waals surface area contributed by atoms with Gasteiger partial charge in [-0.3, -0.25) is 9.59 Å². The monoisotopic (exact) mass is 374 g/mol. The second kappa shape index (κ2) is 8.03. The molecule has 7 unspecified atom stereocenters. The lowest BCUT2D eigenvalue weighted by Crippen LogP contribution is -2.57. The van der Waals surface area contributed by atoms with Gasteiger partial charge in [0.25, 0.3) is 0 Å². The van der Waals surface area contributed by atoms with E-state index in [1.165, 1.54) is 5.57 Å². The molecule has 152 valence electrons. The average molecular weight is 375 g/mol. The van der Waals surface area contributed by atoms with E-state index in [9.17, 15) is 14.7 Å². The van der Waals surface area contributed by atoms with Gasteiger partial charge >= 0.3 is 0 Å². The summed E-state index contributed by atoms with van der Waals surface area (Å²) >= 11 is 0. The highest BCUT2D eigenvalue weighted by Crippen LogP contribution is 2.62. The summed E-state index contributed by atoms with van der Waals surface area (Å²) in [5.74, 6) is 1.20. The van der Waals surface area contributed by atoms with E-state index < -0.39 is 6.10 Å². The first-order valence-corrected chi connectivity index (χ1v) is 10.8. The van der Waals surface area contributed by atoms with Crippen LogP contribution in [-0.4, -0.2) is 22.8 Å². The summed E-state index contributed by atoms with van der Waals surface area (Å²) in [7, 11) is 0. The van der Waals surface area contributed by atoms with Gasteiger partial charge in [-0.05, 0) is 62.0 Å². The summed E-state index contributed by atoms with van der Waals surface area (Å²) in [6.45, 7) is 14.5. The van der Waals surface area contributed by atoms with Gasteiger partial charge in [-0.2, -0.15) is 0 Å². The smallest absolute Gasteiger partial charge is 0.178 e. The molecule has 0 radical (unpaired) electrons. The molecule has 1 N–H and O–H groups in total. The van der Waals surface area contributed by atoms with Crippen molar-refractivity contribution >= 4 is 11.6 Å². The predicted molar refractivity (Wildman–Crippen MR) is 110 cm³/mol. The van der Waals surface area contributed by atoms with Gasteiger partial charge in [0.1, 0.15) is 5.78 Å². The summed E-state index contributed by atoms with van der Waals surface area (Å²) < 4.78 is 0.